The predicted octanol–water partition coefficient (Wildman–Crippen LogP) is 1.63. The van der Waals surface area contributed by atoms with E-state index in [0.29, 0.717) is 37.8 Å². The van der Waals surface area contributed by atoms with E-state index >= 15 is 0 Å². The van der Waals surface area contributed by atoms with Crippen LogP contribution in [-0.4, -0.2) is 87.0 Å². The second-order valence-electron chi connectivity index (χ2n) is 11.0. The number of hydrogen-bond donors (Lipinski definition) is 3. The lowest BCUT2D eigenvalue weighted by Gasteiger charge is -2.37. The highest BCUT2D eigenvalue weighted by Gasteiger charge is 2.31. The molecule has 39 heavy (non-hydrogen) atoms. The van der Waals surface area contributed by atoms with Crippen molar-refractivity contribution in [3.05, 3.63) is 52.6 Å². The molecule has 2 aliphatic heterocycles. The molecule has 0 bridgehead atoms. The summed E-state index contributed by atoms with van der Waals surface area (Å²) in [4.78, 5) is 47.5. The average Bonchev–Trinajstić information content (AvgIpc) is 2.89. The maximum atomic E-state index is 12.7. The smallest absolute Gasteiger partial charge is 0.338 e. The number of carbonyl (C=O) groups is 2. The van der Waals surface area contributed by atoms with Crippen molar-refractivity contribution in [2.75, 3.05) is 44.6 Å². The molecule has 1 atom stereocenters. The summed E-state index contributed by atoms with van der Waals surface area (Å²) < 4.78 is 1.45. The van der Waals surface area contributed by atoms with Gasteiger partial charge in [0.2, 0.25) is 5.91 Å². The van der Waals surface area contributed by atoms with Crippen molar-refractivity contribution in [3.8, 4) is 5.69 Å². The van der Waals surface area contributed by atoms with Gasteiger partial charge in [-0.1, -0.05) is 12.1 Å². The lowest BCUT2D eigenvalue weighted by atomic mass is 9.91. The first kappa shape index (κ1) is 30.6. The Morgan fingerprint density at radius 2 is 1.62 bits per heavy atom. The summed E-state index contributed by atoms with van der Waals surface area (Å²) in [5, 5.41) is 2.69. The molecule has 2 aliphatic rings. The number of amides is 3. The standard InChI is InChI=1S/C27H40N8O3.ClH/c1-19(28)21-8-11-32(12-9-21)18-20-4-6-22(7-5-20)35-13-10-23(31-26(35)38)30-25(37)34-16-14-33(15-17-34)24(36)27(2,3)29;/h4-7,10,13,19,21H,8-9,11-12,14-18,28-29H2,1-3H3,(H,30,31,37,38);1H. The molecule has 2 saturated heterocycles. The van der Waals surface area contributed by atoms with E-state index in [1.165, 1.54) is 10.1 Å². The molecule has 12 heteroatoms. The number of halogens is 1. The Balaban J connectivity index is 0.00000420. The van der Waals surface area contributed by atoms with Crippen LogP contribution in [0.1, 0.15) is 39.2 Å². The van der Waals surface area contributed by atoms with Gasteiger partial charge in [0.05, 0.1) is 11.2 Å². The number of benzene rings is 1. The van der Waals surface area contributed by atoms with Crippen LogP contribution in [0.5, 0.6) is 0 Å². The molecule has 4 rings (SSSR count). The number of likely N-dealkylation sites (tertiary alicyclic amines) is 1. The molecule has 5 N–H and O–H groups in total. The van der Waals surface area contributed by atoms with E-state index in [1.54, 1.807) is 35.9 Å². The second-order valence-corrected chi connectivity index (χ2v) is 11.0. The number of piperazine rings is 1. The monoisotopic (exact) mass is 560 g/mol. The summed E-state index contributed by atoms with van der Waals surface area (Å²) in [6, 6.07) is 9.38. The van der Waals surface area contributed by atoms with Gasteiger partial charge in [-0.05, 0) is 76.4 Å². The Morgan fingerprint density at radius 1 is 1.03 bits per heavy atom. The van der Waals surface area contributed by atoms with E-state index in [4.69, 9.17) is 11.5 Å². The zero-order valence-corrected chi connectivity index (χ0v) is 23.8. The molecule has 3 heterocycles. The fourth-order valence-corrected chi connectivity index (χ4v) is 5.03. The van der Waals surface area contributed by atoms with Crippen molar-refractivity contribution in [1.82, 2.24) is 24.3 Å². The van der Waals surface area contributed by atoms with Gasteiger partial charge in [-0.2, -0.15) is 4.98 Å². The van der Waals surface area contributed by atoms with Crippen molar-refractivity contribution < 1.29 is 9.59 Å². The van der Waals surface area contributed by atoms with Crippen LogP contribution in [0.3, 0.4) is 0 Å². The molecule has 2 aromatic rings. The highest BCUT2D eigenvalue weighted by atomic mass is 35.5. The maximum absolute atomic E-state index is 12.7. The maximum Gasteiger partial charge on any atom is 0.354 e. The van der Waals surface area contributed by atoms with E-state index in [1.807, 2.05) is 24.3 Å². The van der Waals surface area contributed by atoms with Crippen LogP contribution < -0.4 is 22.5 Å². The molecule has 0 spiro atoms. The molecule has 0 saturated carbocycles. The highest BCUT2D eigenvalue weighted by Crippen LogP contribution is 2.21. The minimum absolute atomic E-state index is 0. The molecule has 11 nitrogen and oxygen atoms in total. The lowest BCUT2D eigenvalue weighted by Crippen LogP contribution is -2.58. The molecule has 1 aromatic carbocycles. The fraction of sp³-hybridized carbons (Fsp3) is 0.556. The van der Waals surface area contributed by atoms with Gasteiger partial charge in [-0.15, -0.1) is 12.4 Å². The summed E-state index contributed by atoms with van der Waals surface area (Å²) in [6.07, 6.45) is 3.86. The zero-order chi connectivity index (χ0) is 27.4. The Labute approximate surface area is 235 Å². The van der Waals surface area contributed by atoms with E-state index in [-0.39, 0.29) is 36.2 Å². The van der Waals surface area contributed by atoms with Gasteiger partial charge in [0.25, 0.3) is 0 Å². The van der Waals surface area contributed by atoms with Crippen LogP contribution in [0.4, 0.5) is 10.6 Å². The van der Waals surface area contributed by atoms with Gasteiger partial charge in [-0.3, -0.25) is 19.6 Å². The normalized spacial score (nSPS) is 17.9. The van der Waals surface area contributed by atoms with E-state index in [0.717, 1.165) is 32.5 Å². The minimum atomic E-state index is -0.945. The van der Waals surface area contributed by atoms with Crippen LogP contribution in [-0.2, 0) is 11.3 Å². The van der Waals surface area contributed by atoms with Crippen molar-refractivity contribution in [3.63, 3.8) is 0 Å². The van der Waals surface area contributed by atoms with E-state index in [2.05, 4.69) is 22.1 Å². The van der Waals surface area contributed by atoms with Crippen molar-refractivity contribution in [2.24, 2.45) is 17.4 Å². The number of hydrogen-bond acceptors (Lipinski definition) is 7. The van der Waals surface area contributed by atoms with Crippen LogP contribution >= 0.6 is 12.4 Å². The zero-order valence-electron chi connectivity index (χ0n) is 23.0. The number of nitrogens with two attached hydrogens (primary N) is 2. The van der Waals surface area contributed by atoms with Crippen molar-refractivity contribution in [2.45, 2.75) is 51.7 Å². The number of urea groups is 1. The summed E-state index contributed by atoms with van der Waals surface area (Å²) in [5.74, 6) is 0.646. The molecule has 0 aliphatic carbocycles. The number of carbonyl (C=O) groups excluding carboxylic acids is 2. The Kier molecular flexibility index (Phi) is 10.1. The third-order valence-electron chi connectivity index (χ3n) is 7.44. The van der Waals surface area contributed by atoms with Crippen LogP contribution in [0.15, 0.2) is 41.3 Å². The van der Waals surface area contributed by atoms with Crippen molar-refractivity contribution in [1.29, 1.82) is 0 Å². The average molecular weight is 561 g/mol. The van der Waals surface area contributed by atoms with Gasteiger partial charge < -0.3 is 21.3 Å². The number of aromatic nitrogens is 2. The summed E-state index contributed by atoms with van der Waals surface area (Å²) in [5.41, 5.74) is 12.4. The minimum Gasteiger partial charge on any atom is -0.338 e. The SMILES string of the molecule is CC(N)C1CCN(Cc2ccc(-n3ccc(NC(=O)N4CCN(C(=O)C(C)(C)N)CC4)nc3=O)cc2)CC1.Cl. The summed E-state index contributed by atoms with van der Waals surface area (Å²) in [7, 11) is 0. The number of nitrogens with one attached hydrogen (secondary N) is 1. The molecule has 1 unspecified atom stereocenters. The molecular weight excluding hydrogens is 520 g/mol. The third kappa shape index (κ3) is 7.78. The number of nitrogens with zero attached hydrogens (tertiary/aromatic N) is 5. The quantitative estimate of drug-likeness (QED) is 0.487. The summed E-state index contributed by atoms with van der Waals surface area (Å²) in [6.45, 7) is 9.96. The summed E-state index contributed by atoms with van der Waals surface area (Å²) >= 11 is 0. The molecular formula is C27H41ClN8O3. The van der Waals surface area contributed by atoms with Crippen LogP contribution in [0.25, 0.3) is 5.69 Å². The van der Waals surface area contributed by atoms with Gasteiger partial charge >= 0.3 is 11.7 Å². The number of piperidine rings is 1. The first-order valence-corrected chi connectivity index (χ1v) is 13.3. The van der Waals surface area contributed by atoms with Crippen molar-refractivity contribution >= 4 is 30.2 Å². The fourth-order valence-electron chi connectivity index (χ4n) is 5.03. The predicted molar refractivity (Wildman–Crippen MR) is 154 cm³/mol. The highest BCUT2D eigenvalue weighted by molar-refractivity contribution is 5.89. The molecule has 0 radical (unpaired) electrons. The van der Waals surface area contributed by atoms with Gasteiger partial charge in [0.1, 0.15) is 5.82 Å². The Bertz CT molecular complexity index is 1180. The van der Waals surface area contributed by atoms with Crippen LogP contribution in [0.2, 0.25) is 0 Å². The van der Waals surface area contributed by atoms with E-state index in [9.17, 15) is 14.4 Å². The van der Waals surface area contributed by atoms with Gasteiger partial charge in [0.15, 0.2) is 0 Å². The topological polar surface area (TPSA) is 143 Å². The van der Waals surface area contributed by atoms with Gasteiger partial charge in [-0.25, -0.2) is 9.59 Å². The molecule has 3 amide bonds. The first-order chi connectivity index (χ1) is 18.0. The molecule has 1 aromatic heterocycles. The second kappa shape index (κ2) is 12.9. The first-order valence-electron chi connectivity index (χ1n) is 13.3. The Morgan fingerprint density at radius 3 is 2.15 bits per heavy atom. The third-order valence-corrected chi connectivity index (χ3v) is 7.44. The number of rotatable bonds is 6. The van der Waals surface area contributed by atoms with Crippen LogP contribution in [0, 0.1) is 5.92 Å². The number of anilines is 1. The molecule has 214 valence electrons. The molecule has 2 fully saturated rings. The van der Waals surface area contributed by atoms with E-state index < -0.39 is 11.2 Å². The lowest BCUT2D eigenvalue weighted by molar-refractivity contribution is -0.137. The Hall–Kier alpha value is -2.99. The van der Waals surface area contributed by atoms with Gasteiger partial charge in [0, 0.05) is 45.0 Å². The largest absolute Gasteiger partial charge is 0.354 e.